The van der Waals surface area contributed by atoms with E-state index in [9.17, 15) is 40.5 Å². The van der Waals surface area contributed by atoms with Gasteiger partial charge in [-0.15, -0.1) is 0 Å². The molecular weight excluding hydrogens is 883 g/mol. The third-order valence-electron chi connectivity index (χ3n) is 15.2. The number of rotatable bonds is 53. The van der Waals surface area contributed by atoms with Gasteiger partial charge in [0.25, 0.3) is 0 Å². The van der Waals surface area contributed by atoms with E-state index in [0.29, 0.717) is 19.3 Å². The molecule has 0 bridgehead atoms. The average Bonchev–Trinajstić information content (AvgIpc) is 3.36. The van der Waals surface area contributed by atoms with Crippen molar-refractivity contribution in [2.24, 2.45) is 0 Å². The SMILES string of the molecule is CCCCCCCCCCCCCCCCCCCCCCCCC(O)C(O)C(COC1OC(CO)C(O)C(O)C1O)NC(=O)C(O)CCCCCCCCCCCCCCCCCCCCCCC. The second kappa shape index (κ2) is 49.0. The Bertz CT molecular complexity index is 1100. The molecule has 70 heavy (non-hydrogen) atoms. The van der Waals surface area contributed by atoms with Gasteiger partial charge >= 0.3 is 0 Å². The van der Waals surface area contributed by atoms with Gasteiger partial charge in [0.2, 0.25) is 5.91 Å². The van der Waals surface area contributed by atoms with Crippen LogP contribution >= 0.6 is 0 Å². The maximum atomic E-state index is 13.2. The number of nitrogens with one attached hydrogen (secondary N) is 1. The Labute approximate surface area is 430 Å². The fourth-order valence-electron chi connectivity index (χ4n) is 10.2. The number of aliphatic hydroxyl groups is 7. The van der Waals surface area contributed by atoms with Gasteiger partial charge in [-0.3, -0.25) is 4.79 Å². The molecule has 1 fully saturated rings. The van der Waals surface area contributed by atoms with Crippen molar-refractivity contribution in [2.45, 2.75) is 358 Å². The van der Waals surface area contributed by atoms with Gasteiger partial charge in [-0.25, -0.2) is 0 Å². The maximum absolute atomic E-state index is 13.2. The van der Waals surface area contributed by atoms with Crippen LogP contribution in [0.1, 0.15) is 303 Å². The summed E-state index contributed by atoms with van der Waals surface area (Å²) in [6.45, 7) is 3.51. The molecule has 1 aliphatic rings. The standard InChI is InChI=1S/C59H117NO10/c1-3-5-7-9-11-13-15-17-19-21-23-25-27-28-30-32-34-36-38-40-42-44-46-51(62)54(64)50(49-69-59-57(67)56(66)55(65)53(48-61)70-59)60-58(68)52(63)47-45-43-41-39-37-35-33-31-29-26-24-22-20-18-16-14-12-10-8-6-4-2/h50-57,59,61-67H,3-49H2,1-2H3,(H,60,68). The normalized spacial score (nSPS) is 20.2. The molecule has 1 saturated heterocycles. The van der Waals surface area contributed by atoms with E-state index in [2.05, 4.69) is 19.2 Å². The van der Waals surface area contributed by atoms with E-state index in [-0.39, 0.29) is 6.42 Å². The van der Waals surface area contributed by atoms with E-state index < -0.39 is 74.2 Å². The maximum Gasteiger partial charge on any atom is 0.249 e. The van der Waals surface area contributed by atoms with Crippen LogP contribution < -0.4 is 5.32 Å². The molecule has 0 aromatic heterocycles. The molecule has 11 heteroatoms. The molecule has 0 saturated carbocycles. The van der Waals surface area contributed by atoms with Crippen LogP contribution in [0, 0.1) is 0 Å². The van der Waals surface area contributed by atoms with Crippen molar-refractivity contribution in [1.29, 1.82) is 0 Å². The van der Waals surface area contributed by atoms with Crippen LogP contribution in [-0.2, 0) is 14.3 Å². The van der Waals surface area contributed by atoms with Crippen LogP contribution in [0.4, 0.5) is 0 Å². The lowest BCUT2D eigenvalue weighted by atomic mass is 9.98. The summed E-state index contributed by atoms with van der Waals surface area (Å²) in [6, 6.07) is -1.16. The molecule has 0 aromatic carbocycles. The zero-order chi connectivity index (χ0) is 51.1. The van der Waals surface area contributed by atoms with Gasteiger partial charge in [0.1, 0.15) is 36.6 Å². The zero-order valence-corrected chi connectivity index (χ0v) is 45.8. The predicted octanol–water partition coefficient (Wildman–Crippen LogP) is 13.0. The fraction of sp³-hybridized carbons (Fsp3) is 0.983. The summed E-state index contributed by atoms with van der Waals surface area (Å²) in [7, 11) is 0. The minimum Gasteiger partial charge on any atom is -0.394 e. The summed E-state index contributed by atoms with van der Waals surface area (Å²) in [6.07, 6.45) is 44.4. The van der Waals surface area contributed by atoms with Gasteiger partial charge in [-0.05, 0) is 12.8 Å². The number of carbonyl (C=O) groups excluding carboxylic acids is 1. The minimum absolute atomic E-state index is 0.267. The number of hydrogen-bond donors (Lipinski definition) is 8. The molecule has 418 valence electrons. The van der Waals surface area contributed by atoms with Crippen LogP contribution in [0.3, 0.4) is 0 Å². The highest BCUT2D eigenvalue weighted by Crippen LogP contribution is 2.24. The Morgan fingerprint density at radius 2 is 0.743 bits per heavy atom. The largest absolute Gasteiger partial charge is 0.394 e. The fourth-order valence-corrected chi connectivity index (χ4v) is 10.2. The number of ether oxygens (including phenoxy) is 2. The molecule has 0 aliphatic carbocycles. The van der Waals surface area contributed by atoms with E-state index in [1.807, 2.05) is 0 Å². The molecule has 9 atom stereocenters. The van der Waals surface area contributed by atoms with Crippen molar-refractivity contribution in [3.63, 3.8) is 0 Å². The van der Waals surface area contributed by atoms with Crippen molar-refractivity contribution in [1.82, 2.24) is 5.32 Å². The predicted molar refractivity (Wildman–Crippen MR) is 289 cm³/mol. The third-order valence-corrected chi connectivity index (χ3v) is 15.2. The first-order valence-corrected chi connectivity index (χ1v) is 30.4. The number of unbranched alkanes of at least 4 members (excludes halogenated alkanes) is 41. The highest BCUT2D eigenvalue weighted by atomic mass is 16.7. The highest BCUT2D eigenvalue weighted by molar-refractivity contribution is 5.80. The van der Waals surface area contributed by atoms with Gasteiger partial charge in [-0.2, -0.15) is 0 Å². The monoisotopic (exact) mass is 1000 g/mol. The van der Waals surface area contributed by atoms with Crippen molar-refractivity contribution in [3.05, 3.63) is 0 Å². The lowest BCUT2D eigenvalue weighted by Gasteiger charge is -2.40. The summed E-state index contributed by atoms with van der Waals surface area (Å²) < 4.78 is 11.2. The summed E-state index contributed by atoms with van der Waals surface area (Å²) in [5.41, 5.74) is 0. The van der Waals surface area contributed by atoms with Crippen molar-refractivity contribution in [2.75, 3.05) is 13.2 Å². The Kier molecular flexibility index (Phi) is 47.0. The quantitative estimate of drug-likeness (QED) is 0.0272. The minimum atomic E-state index is -1.66. The Balaban J connectivity index is 2.28. The Hall–Kier alpha value is -0.890. The summed E-state index contributed by atoms with van der Waals surface area (Å²) in [5, 5.41) is 76.3. The van der Waals surface area contributed by atoms with Gasteiger partial charge in [0.05, 0.1) is 25.4 Å². The number of carbonyl (C=O) groups is 1. The van der Waals surface area contributed by atoms with Crippen molar-refractivity contribution >= 4 is 5.91 Å². The summed E-state index contributed by atoms with van der Waals surface area (Å²) >= 11 is 0. The lowest BCUT2D eigenvalue weighted by Crippen LogP contribution is -2.60. The molecule has 1 heterocycles. The first kappa shape index (κ1) is 67.1. The van der Waals surface area contributed by atoms with Crippen LogP contribution in [0.15, 0.2) is 0 Å². The summed E-state index contributed by atoms with van der Waals surface area (Å²) in [4.78, 5) is 13.2. The zero-order valence-electron chi connectivity index (χ0n) is 45.8. The lowest BCUT2D eigenvalue weighted by molar-refractivity contribution is -0.303. The Morgan fingerprint density at radius 1 is 0.443 bits per heavy atom. The van der Waals surface area contributed by atoms with E-state index >= 15 is 0 Å². The second-order valence-electron chi connectivity index (χ2n) is 21.8. The van der Waals surface area contributed by atoms with Gasteiger partial charge < -0.3 is 50.5 Å². The third kappa shape index (κ3) is 36.9. The van der Waals surface area contributed by atoms with Crippen LogP contribution in [-0.4, -0.2) is 110 Å². The number of amides is 1. The topological polar surface area (TPSA) is 189 Å². The molecule has 0 aromatic rings. The molecule has 11 nitrogen and oxygen atoms in total. The van der Waals surface area contributed by atoms with E-state index in [4.69, 9.17) is 9.47 Å². The highest BCUT2D eigenvalue weighted by Gasteiger charge is 2.44. The van der Waals surface area contributed by atoms with Crippen LogP contribution in [0.25, 0.3) is 0 Å². The number of aliphatic hydroxyl groups excluding tert-OH is 7. The Morgan fingerprint density at radius 3 is 1.06 bits per heavy atom. The second-order valence-corrected chi connectivity index (χ2v) is 21.8. The smallest absolute Gasteiger partial charge is 0.249 e. The molecule has 8 N–H and O–H groups in total. The average molecular weight is 1000 g/mol. The van der Waals surface area contributed by atoms with Crippen LogP contribution in [0.2, 0.25) is 0 Å². The van der Waals surface area contributed by atoms with E-state index in [1.54, 1.807) is 0 Å². The molecule has 9 unspecified atom stereocenters. The molecule has 1 amide bonds. The molecular formula is C59H117NO10. The van der Waals surface area contributed by atoms with Crippen molar-refractivity contribution in [3.8, 4) is 0 Å². The first-order valence-electron chi connectivity index (χ1n) is 30.4. The molecule has 0 radical (unpaired) electrons. The van der Waals surface area contributed by atoms with Gasteiger partial charge in [0.15, 0.2) is 6.29 Å². The first-order chi connectivity index (χ1) is 34.2. The van der Waals surface area contributed by atoms with E-state index in [0.717, 1.165) is 38.5 Å². The van der Waals surface area contributed by atoms with E-state index in [1.165, 1.54) is 225 Å². The van der Waals surface area contributed by atoms with Crippen molar-refractivity contribution < 1.29 is 50.0 Å². The van der Waals surface area contributed by atoms with Crippen LogP contribution in [0.5, 0.6) is 0 Å². The number of hydrogen-bond acceptors (Lipinski definition) is 10. The molecule has 0 spiro atoms. The molecule has 1 rings (SSSR count). The van der Waals surface area contributed by atoms with Gasteiger partial charge in [-0.1, -0.05) is 290 Å². The van der Waals surface area contributed by atoms with Gasteiger partial charge in [0, 0.05) is 0 Å². The molecule has 1 aliphatic heterocycles. The summed E-state index contributed by atoms with van der Waals surface area (Å²) in [5.74, 6) is -0.689.